The lowest BCUT2D eigenvalue weighted by Crippen LogP contribution is -2.24. The Morgan fingerprint density at radius 1 is 1.26 bits per heavy atom. The molecule has 1 aromatic carbocycles. The molecule has 23 heavy (non-hydrogen) atoms. The van der Waals surface area contributed by atoms with E-state index in [4.69, 9.17) is 0 Å². The zero-order valence-corrected chi connectivity index (χ0v) is 13.9. The number of aromatic nitrogens is 2. The lowest BCUT2D eigenvalue weighted by molar-refractivity contribution is -0.115. The van der Waals surface area contributed by atoms with Gasteiger partial charge in [-0.3, -0.25) is 9.59 Å². The molecule has 2 aromatic rings. The van der Waals surface area contributed by atoms with E-state index in [2.05, 4.69) is 15.3 Å². The first-order chi connectivity index (χ1) is 10.9. The van der Waals surface area contributed by atoms with Crippen molar-refractivity contribution in [2.24, 2.45) is 0 Å². The number of Topliss-reactive ketones (excluding diaryl/α,β-unsaturated/α-hetero) is 1. The molecule has 0 saturated heterocycles. The second kappa shape index (κ2) is 7.23. The number of rotatable bonds is 5. The minimum Gasteiger partial charge on any atom is -0.325 e. The van der Waals surface area contributed by atoms with E-state index in [1.807, 2.05) is 18.2 Å². The SMILES string of the molecule is CC(=O)c1c(S[C@H](C)C(=O)Nc2ccccc2)nc(=O)[nH]c1C. The van der Waals surface area contributed by atoms with Gasteiger partial charge in [0.25, 0.3) is 0 Å². The topological polar surface area (TPSA) is 91.9 Å². The van der Waals surface area contributed by atoms with Crippen molar-refractivity contribution in [2.75, 3.05) is 5.32 Å². The number of para-hydroxylation sites is 1. The highest BCUT2D eigenvalue weighted by atomic mass is 32.2. The van der Waals surface area contributed by atoms with Crippen LogP contribution in [0.3, 0.4) is 0 Å². The third-order valence-corrected chi connectivity index (χ3v) is 4.22. The van der Waals surface area contributed by atoms with Crippen molar-refractivity contribution >= 4 is 29.1 Å². The summed E-state index contributed by atoms with van der Waals surface area (Å²) in [4.78, 5) is 41.9. The molecular formula is C16H17N3O3S. The number of ketones is 1. The Bertz CT molecular complexity index is 787. The van der Waals surface area contributed by atoms with Crippen molar-refractivity contribution < 1.29 is 9.59 Å². The maximum absolute atomic E-state index is 12.2. The smallest absolute Gasteiger partial charge is 0.325 e. The number of hydrogen-bond acceptors (Lipinski definition) is 5. The number of carbonyl (C=O) groups is 2. The lowest BCUT2D eigenvalue weighted by Gasteiger charge is -2.13. The summed E-state index contributed by atoms with van der Waals surface area (Å²) in [6, 6.07) is 9.07. The average molecular weight is 331 g/mol. The molecule has 0 radical (unpaired) electrons. The standard InChI is InChI=1S/C16H17N3O3S/c1-9-13(10(2)20)15(19-16(22)17-9)23-11(3)14(21)18-12-7-5-4-6-8-12/h4-8,11H,1-3H3,(H,18,21)(H,17,19,22)/t11-/m1/s1. The molecule has 0 aliphatic carbocycles. The number of hydrogen-bond donors (Lipinski definition) is 2. The van der Waals surface area contributed by atoms with Gasteiger partial charge in [-0.25, -0.2) is 4.79 Å². The van der Waals surface area contributed by atoms with Crippen molar-refractivity contribution in [3.8, 4) is 0 Å². The van der Waals surface area contributed by atoms with E-state index in [0.717, 1.165) is 11.8 Å². The second-order valence-electron chi connectivity index (χ2n) is 5.02. The molecule has 1 aromatic heterocycles. The number of nitrogens with zero attached hydrogens (tertiary/aromatic N) is 1. The van der Waals surface area contributed by atoms with Crippen LogP contribution in [0.15, 0.2) is 40.2 Å². The molecule has 0 fully saturated rings. The highest BCUT2D eigenvalue weighted by Gasteiger charge is 2.21. The predicted molar refractivity (Wildman–Crippen MR) is 90.0 cm³/mol. The van der Waals surface area contributed by atoms with E-state index in [1.165, 1.54) is 6.92 Å². The molecule has 1 amide bonds. The summed E-state index contributed by atoms with van der Waals surface area (Å²) >= 11 is 1.09. The van der Waals surface area contributed by atoms with Gasteiger partial charge in [-0.15, -0.1) is 0 Å². The van der Waals surface area contributed by atoms with Gasteiger partial charge in [-0.1, -0.05) is 30.0 Å². The summed E-state index contributed by atoms with van der Waals surface area (Å²) in [5, 5.41) is 2.54. The normalized spacial score (nSPS) is 11.8. The fourth-order valence-corrected chi connectivity index (χ4v) is 3.10. The molecule has 2 N–H and O–H groups in total. The predicted octanol–water partition coefficient (Wildman–Crippen LogP) is 2.40. The largest absolute Gasteiger partial charge is 0.346 e. The summed E-state index contributed by atoms with van der Waals surface area (Å²) < 4.78 is 0. The summed E-state index contributed by atoms with van der Waals surface area (Å²) in [5.41, 5.74) is 0.946. The zero-order valence-electron chi connectivity index (χ0n) is 13.0. The molecule has 6 nitrogen and oxygen atoms in total. The molecule has 7 heteroatoms. The summed E-state index contributed by atoms with van der Waals surface area (Å²) in [6.45, 7) is 4.74. The maximum Gasteiger partial charge on any atom is 0.346 e. The highest BCUT2D eigenvalue weighted by molar-refractivity contribution is 8.00. The van der Waals surface area contributed by atoms with Gasteiger partial charge in [0.1, 0.15) is 5.03 Å². The molecular weight excluding hydrogens is 314 g/mol. The number of anilines is 1. The number of carbonyl (C=O) groups excluding carboxylic acids is 2. The fraction of sp³-hybridized carbons (Fsp3) is 0.250. The Morgan fingerprint density at radius 3 is 2.52 bits per heavy atom. The van der Waals surface area contributed by atoms with Crippen molar-refractivity contribution in [1.29, 1.82) is 0 Å². The van der Waals surface area contributed by atoms with Crippen molar-refractivity contribution in [3.05, 3.63) is 52.1 Å². The highest BCUT2D eigenvalue weighted by Crippen LogP contribution is 2.26. The van der Waals surface area contributed by atoms with E-state index < -0.39 is 10.9 Å². The number of benzene rings is 1. The summed E-state index contributed by atoms with van der Waals surface area (Å²) in [7, 11) is 0. The van der Waals surface area contributed by atoms with Crippen LogP contribution in [0.4, 0.5) is 5.69 Å². The summed E-state index contributed by atoms with van der Waals surface area (Å²) in [5.74, 6) is -0.431. The Hall–Kier alpha value is -2.41. The minimum absolute atomic E-state index is 0.204. The number of thioether (sulfide) groups is 1. The molecule has 1 heterocycles. The van der Waals surface area contributed by atoms with Crippen LogP contribution in [0.5, 0.6) is 0 Å². The Labute approximate surface area is 137 Å². The van der Waals surface area contributed by atoms with E-state index in [-0.39, 0.29) is 16.7 Å². The molecule has 0 bridgehead atoms. The van der Waals surface area contributed by atoms with Gasteiger partial charge in [0.2, 0.25) is 5.91 Å². The van der Waals surface area contributed by atoms with Crippen LogP contribution >= 0.6 is 11.8 Å². The molecule has 120 valence electrons. The van der Waals surface area contributed by atoms with Crippen LogP contribution in [0.2, 0.25) is 0 Å². The molecule has 0 spiro atoms. The van der Waals surface area contributed by atoms with Gasteiger partial charge in [-0.05, 0) is 32.9 Å². The minimum atomic E-state index is -0.536. The summed E-state index contributed by atoms with van der Waals surface area (Å²) in [6.07, 6.45) is 0. The van der Waals surface area contributed by atoms with Crippen LogP contribution in [-0.2, 0) is 4.79 Å². The Balaban J connectivity index is 2.20. The van der Waals surface area contributed by atoms with Crippen molar-refractivity contribution in [3.63, 3.8) is 0 Å². The second-order valence-corrected chi connectivity index (χ2v) is 6.35. The number of aryl methyl sites for hydroxylation is 1. The third-order valence-electron chi connectivity index (χ3n) is 3.14. The zero-order chi connectivity index (χ0) is 17.0. The first-order valence-corrected chi connectivity index (χ1v) is 7.91. The van der Waals surface area contributed by atoms with Gasteiger partial charge < -0.3 is 10.3 Å². The fourth-order valence-electron chi connectivity index (χ4n) is 2.05. The molecule has 0 saturated carbocycles. The Kier molecular flexibility index (Phi) is 5.33. The van der Waals surface area contributed by atoms with Gasteiger partial charge in [0.15, 0.2) is 5.78 Å². The van der Waals surface area contributed by atoms with Crippen LogP contribution in [0, 0.1) is 6.92 Å². The van der Waals surface area contributed by atoms with Crippen LogP contribution < -0.4 is 11.0 Å². The van der Waals surface area contributed by atoms with E-state index in [0.29, 0.717) is 16.9 Å². The van der Waals surface area contributed by atoms with E-state index in [1.54, 1.807) is 26.0 Å². The number of nitrogens with one attached hydrogen (secondary N) is 2. The van der Waals surface area contributed by atoms with Gasteiger partial charge in [-0.2, -0.15) is 4.98 Å². The Morgan fingerprint density at radius 2 is 1.91 bits per heavy atom. The van der Waals surface area contributed by atoms with Gasteiger partial charge >= 0.3 is 5.69 Å². The van der Waals surface area contributed by atoms with Crippen LogP contribution in [0.25, 0.3) is 0 Å². The number of H-pyrrole nitrogens is 1. The van der Waals surface area contributed by atoms with Crippen molar-refractivity contribution in [1.82, 2.24) is 9.97 Å². The van der Waals surface area contributed by atoms with Crippen LogP contribution in [-0.4, -0.2) is 26.9 Å². The monoisotopic (exact) mass is 331 g/mol. The number of aromatic amines is 1. The molecule has 1 atom stereocenters. The molecule has 0 unspecified atom stereocenters. The average Bonchev–Trinajstić information content (AvgIpc) is 2.46. The molecule has 0 aliphatic heterocycles. The van der Waals surface area contributed by atoms with E-state index in [9.17, 15) is 14.4 Å². The van der Waals surface area contributed by atoms with Crippen LogP contribution in [0.1, 0.15) is 29.9 Å². The third kappa shape index (κ3) is 4.29. The maximum atomic E-state index is 12.2. The van der Waals surface area contributed by atoms with E-state index >= 15 is 0 Å². The van der Waals surface area contributed by atoms with Gasteiger partial charge in [0.05, 0.1) is 10.8 Å². The van der Waals surface area contributed by atoms with Gasteiger partial charge in [0, 0.05) is 11.4 Å². The lowest BCUT2D eigenvalue weighted by atomic mass is 10.2. The number of amides is 1. The quantitative estimate of drug-likeness (QED) is 0.499. The molecule has 2 rings (SSSR count). The molecule has 0 aliphatic rings. The first kappa shape index (κ1) is 17.0. The first-order valence-electron chi connectivity index (χ1n) is 7.03. The van der Waals surface area contributed by atoms with Crippen molar-refractivity contribution in [2.45, 2.75) is 31.0 Å².